The lowest BCUT2D eigenvalue weighted by atomic mass is 10.0. The minimum Gasteiger partial charge on any atom is -0.491 e. The lowest BCUT2D eigenvalue weighted by Gasteiger charge is -2.25. The Hall–Kier alpha value is -1.71. The van der Waals surface area contributed by atoms with Gasteiger partial charge in [0.05, 0.1) is 6.04 Å². The van der Waals surface area contributed by atoms with Gasteiger partial charge in [-0.3, -0.25) is 0 Å². The molecule has 0 aliphatic carbocycles. The third-order valence-corrected chi connectivity index (χ3v) is 2.23. The zero-order chi connectivity index (χ0) is 9.97. The molecule has 0 fully saturated rings. The van der Waals surface area contributed by atoms with Crippen LogP contribution in [0.15, 0.2) is 24.3 Å². The van der Waals surface area contributed by atoms with Crippen LogP contribution < -0.4 is 15.8 Å². The molecule has 1 aliphatic rings. The molecule has 0 aromatic heterocycles. The molecule has 0 radical (unpaired) electrons. The third-order valence-electron chi connectivity index (χ3n) is 2.23. The highest BCUT2D eigenvalue weighted by Crippen LogP contribution is 2.23. The van der Waals surface area contributed by atoms with E-state index in [1.807, 2.05) is 24.3 Å². The molecule has 2 amide bonds. The van der Waals surface area contributed by atoms with E-state index >= 15 is 0 Å². The molecule has 2 rings (SSSR count). The highest BCUT2D eigenvalue weighted by molar-refractivity contribution is 5.72. The number of rotatable bonds is 1. The number of amides is 2. The first kappa shape index (κ1) is 8.87. The lowest BCUT2D eigenvalue weighted by molar-refractivity contribution is 0.220. The summed E-state index contributed by atoms with van der Waals surface area (Å²) in [6.45, 7) is 0.486. The van der Waals surface area contributed by atoms with Crippen molar-refractivity contribution in [3.8, 4) is 5.75 Å². The van der Waals surface area contributed by atoms with Crippen LogP contribution in [0, 0.1) is 0 Å². The van der Waals surface area contributed by atoms with Gasteiger partial charge in [-0.1, -0.05) is 18.2 Å². The molecule has 3 N–H and O–H groups in total. The van der Waals surface area contributed by atoms with Gasteiger partial charge in [-0.15, -0.1) is 0 Å². The summed E-state index contributed by atoms with van der Waals surface area (Å²) in [7, 11) is 0. The normalized spacial score (nSPS) is 19.3. The van der Waals surface area contributed by atoms with Gasteiger partial charge < -0.3 is 15.8 Å². The van der Waals surface area contributed by atoms with E-state index in [0.29, 0.717) is 6.61 Å². The van der Waals surface area contributed by atoms with Crippen molar-refractivity contribution in [3.05, 3.63) is 29.8 Å². The summed E-state index contributed by atoms with van der Waals surface area (Å²) >= 11 is 0. The zero-order valence-corrected chi connectivity index (χ0v) is 7.69. The van der Waals surface area contributed by atoms with Crippen LogP contribution in [-0.2, 0) is 6.42 Å². The van der Waals surface area contributed by atoms with Crippen molar-refractivity contribution >= 4 is 6.03 Å². The molecule has 1 aromatic carbocycles. The number of urea groups is 1. The number of hydrogen-bond acceptors (Lipinski definition) is 2. The molecular weight excluding hydrogens is 180 g/mol. The van der Waals surface area contributed by atoms with E-state index in [-0.39, 0.29) is 6.04 Å². The topological polar surface area (TPSA) is 64.4 Å². The summed E-state index contributed by atoms with van der Waals surface area (Å²) in [5, 5.41) is 2.64. The van der Waals surface area contributed by atoms with Crippen LogP contribution in [0.4, 0.5) is 4.79 Å². The average Bonchev–Trinajstić information content (AvgIpc) is 2.17. The zero-order valence-electron chi connectivity index (χ0n) is 7.69. The first-order chi connectivity index (χ1) is 6.75. The fourth-order valence-corrected chi connectivity index (χ4v) is 1.62. The first-order valence-electron chi connectivity index (χ1n) is 4.52. The summed E-state index contributed by atoms with van der Waals surface area (Å²) in [4.78, 5) is 10.6. The van der Waals surface area contributed by atoms with Gasteiger partial charge >= 0.3 is 6.03 Å². The van der Waals surface area contributed by atoms with Crippen LogP contribution in [0.5, 0.6) is 5.75 Å². The highest BCUT2D eigenvalue weighted by atomic mass is 16.5. The van der Waals surface area contributed by atoms with E-state index in [9.17, 15) is 4.79 Å². The monoisotopic (exact) mass is 192 g/mol. The number of nitrogens with two attached hydrogens (primary N) is 1. The molecule has 1 unspecified atom stereocenters. The van der Waals surface area contributed by atoms with Crippen LogP contribution in [0.2, 0.25) is 0 Å². The summed E-state index contributed by atoms with van der Waals surface area (Å²) in [5.41, 5.74) is 6.15. The number of para-hydroxylation sites is 1. The molecule has 74 valence electrons. The van der Waals surface area contributed by atoms with Crippen LogP contribution in [0.1, 0.15) is 5.56 Å². The SMILES string of the molecule is NC(=O)NC1COc2ccccc2C1. The maximum absolute atomic E-state index is 10.6. The smallest absolute Gasteiger partial charge is 0.312 e. The van der Waals surface area contributed by atoms with Gasteiger partial charge in [0.2, 0.25) is 0 Å². The van der Waals surface area contributed by atoms with Crippen molar-refractivity contribution in [2.75, 3.05) is 6.61 Å². The Balaban J connectivity index is 2.09. The summed E-state index contributed by atoms with van der Waals surface area (Å²) in [6, 6.07) is 7.29. The Bertz CT molecular complexity index is 352. The van der Waals surface area contributed by atoms with Gasteiger partial charge in [-0.05, 0) is 18.1 Å². The van der Waals surface area contributed by atoms with Crippen molar-refractivity contribution in [1.82, 2.24) is 5.32 Å². The van der Waals surface area contributed by atoms with Crippen molar-refractivity contribution in [1.29, 1.82) is 0 Å². The standard InChI is InChI=1S/C10H12N2O2/c11-10(13)12-8-5-7-3-1-2-4-9(7)14-6-8/h1-4,8H,5-6H2,(H3,11,12,13). The largest absolute Gasteiger partial charge is 0.491 e. The number of fused-ring (bicyclic) bond motifs is 1. The number of ether oxygens (including phenoxy) is 1. The maximum atomic E-state index is 10.6. The van der Waals surface area contributed by atoms with Crippen LogP contribution in [0.3, 0.4) is 0 Å². The van der Waals surface area contributed by atoms with Crippen molar-refractivity contribution in [3.63, 3.8) is 0 Å². The molecular formula is C10H12N2O2. The number of carbonyl (C=O) groups excluding carboxylic acids is 1. The van der Waals surface area contributed by atoms with Crippen LogP contribution in [0.25, 0.3) is 0 Å². The molecule has 1 heterocycles. The van der Waals surface area contributed by atoms with Crippen LogP contribution in [-0.4, -0.2) is 18.7 Å². The van der Waals surface area contributed by atoms with Gasteiger partial charge in [0.15, 0.2) is 0 Å². The van der Waals surface area contributed by atoms with Crippen molar-refractivity contribution in [2.24, 2.45) is 5.73 Å². The van der Waals surface area contributed by atoms with E-state index in [2.05, 4.69) is 5.32 Å². The number of primary amides is 1. The number of benzene rings is 1. The van der Waals surface area contributed by atoms with E-state index in [1.165, 1.54) is 0 Å². The maximum Gasteiger partial charge on any atom is 0.312 e. The van der Waals surface area contributed by atoms with Gasteiger partial charge in [0.1, 0.15) is 12.4 Å². The Morgan fingerprint density at radius 1 is 1.50 bits per heavy atom. The average molecular weight is 192 g/mol. The number of nitrogens with one attached hydrogen (secondary N) is 1. The second-order valence-electron chi connectivity index (χ2n) is 3.33. The predicted octanol–water partition coefficient (Wildman–Crippen LogP) is 0.658. The van der Waals surface area contributed by atoms with Crippen molar-refractivity contribution < 1.29 is 9.53 Å². The Labute approximate surface area is 82.1 Å². The molecule has 1 aliphatic heterocycles. The minimum atomic E-state index is -0.502. The number of hydrogen-bond donors (Lipinski definition) is 2. The molecule has 14 heavy (non-hydrogen) atoms. The quantitative estimate of drug-likeness (QED) is 0.686. The van der Waals surface area contributed by atoms with E-state index in [4.69, 9.17) is 10.5 Å². The number of carbonyl (C=O) groups is 1. The molecule has 0 saturated carbocycles. The molecule has 0 bridgehead atoms. The summed E-state index contributed by atoms with van der Waals surface area (Å²) in [5.74, 6) is 0.898. The molecule has 0 saturated heterocycles. The second kappa shape index (κ2) is 3.57. The summed E-state index contributed by atoms with van der Waals surface area (Å²) < 4.78 is 5.47. The van der Waals surface area contributed by atoms with E-state index in [1.54, 1.807) is 0 Å². The van der Waals surface area contributed by atoms with Gasteiger partial charge in [-0.2, -0.15) is 0 Å². The van der Waals surface area contributed by atoms with E-state index in [0.717, 1.165) is 17.7 Å². The highest BCUT2D eigenvalue weighted by Gasteiger charge is 2.19. The molecule has 0 spiro atoms. The van der Waals surface area contributed by atoms with Gasteiger partial charge in [-0.25, -0.2) is 4.79 Å². The Morgan fingerprint density at radius 3 is 3.07 bits per heavy atom. The van der Waals surface area contributed by atoms with Crippen LogP contribution >= 0.6 is 0 Å². The molecule has 4 heteroatoms. The van der Waals surface area contributed by atoms with Gasteiger partial charge in [0.25, 0.3) is 0 Å². The Morgan fingerprint density at radius 2 is 2.29 bits per heavy atom. The Kier molecular flexibility index (Phi) is 2.26. The minimum absolute atomic E-state index is 0.0117. The lowest BCUT2D eigenvalue weighted by Crippen LogP contribution is -2.45. The third kappa shape index (κ3) is 1.79. The fraction of sp³-hybridized carbons (Fsp3) is 0.300. The van der Waals surface area contributed by atoms with E-state index < -0.39 is 6.03 Å². The first-order valence-corrected chi connectivity index (χ1v) is 4.52. The van der Waals surface area contributed by atoms with Crippen molar-refractivity contribution in [2.45, 2.75) is 12.5 Å². The summed E-state index contributed by atoms with van der Waals surface area (Å²) in [6.07, 6.45) is 0.777. The molecule has 1 atom stereocenters. The molecule has 4 nitrogen and oxygen atoms in total. The second-order valence-corrected chi connectivity index (χ2v) is 3.33. The molecule has 1 aromatic rings. The fourth-order valence-electron chi connectivity index (χ4n) is 1.62. The predicted molar refractivity (Wildman–Crippen MR) is 52.1 cm³/mol. The van der Waals surface area contributed by atoms with Gasteiger partial charge in [0, 0.05) is 0 Å².